The number of amides is 1. The lowest BCUT2D eigenvalue weighted by molar-refractivity contribution is -0.120. The Labute approximate surface area is 97.9 Å². The fraction of sp³-hybridized carbons (Fsp3) is 0.333. The Kier molecular flexibility index (Phi) is 2.95. The third-order valence-electron chi connectivity index (χ3n) is 2.25. The lowest BCUT2D eigenvalue weighted by Crippen LogP contribution is -2.48. The number of nitrogens with zero attached hydrogens (tertiary/aromatic N) is 3. The van der Waals surface area contributed by atoms with Crippen molar-refractivity contribution in [3.8, 4) is 0 Å². The Morgan fingerprint density at radius 1 is 1.50 bits per heavy atom. The van der Waals surface area contributed by atoms with Crippen LogP contribution >= 0.6 is 12.2 Å². The predicted molar refractivity (Wildman–Crippen MR) is 63.1 cm³/mol. The lowest BCUT2D eigenvalue weighted by atomic mass is 10.3. The molecule has 7 heteroatoms. The van der Waals surface area contributed by atoms with E-state index in [0.717, 1.165) is 0 Å². The first-order valence-electron chi connectivity index (χ1n) is 4.81. The molecular formula is C9H11N5OS. The molecule has 84 valence electrons. The van der Waals surface area contributed by atoms with Crippen LogP contribution in [0.3, 0.4) is 0 Å². The highest BCUT2D eigenvalue weighted by molar-refractivity contribution is 7.80. The Bertz CT molecular complexity index is 436. The molecule has 0 unspecified atom stereocenters. The summed E-state index contributed by atoms with van der Waals surface area (Å²) in [5, 5.41) is 2.74. The predicted octanol–water partition coefficient (Wildman–Crippen LogP) is -0.953. The number of nitrogens with two attached hydrogens (primary N) is 1. The molecule has 1 aromatic rings. The molecule has 0 aliphatic carbocycles. The largest absolute Gasteiger partial charge is 0.388 e. The highest BCUT2D eigenvalue weighted by Crippen LogP contribution is 2.15. The molecule has 0 saturated carbocycles. The molecule has 1 aromatic heterocycles. The van der Waals surface area contributed by atoms with E-state index in [4.69, 9.17) is 18.0 Å². The number of thiocarbonyl (C=S) groups is 1. The Hall–Kier alpha value is -1.76. The second-order valence-electron chi connectivity index (χ2n) is 3.36. The van der Waals surface area contributed by atoms with Crippen molar-refractivity contribution >= 4 is 28.9 Å². The van der Waals surface area contributed by atoms with Crippen molar-refractivity contribution in [1.82, 2.24) is 15.3 Å². The number of carbonyl (C=O) groups excluding carboxylic acids is 1. The number of anilines is 1. The molecule has 3 N–H and O–H groups in total. The number of aromatic nitrogens is 2. The van der Waals surface area contributed by atoms with Gasteiger partial charge in [-0.2, -0.15) is 0 Å². The number of hydrogen-bond acceptors (Lipinski definition) is 5. The Morgan fingerprint density at radius 3 is 2.94 bits per heavy atom. The van der Waals surface area contributed by atoms with Crippen LogP contribution in [0.2, 0.25) is 0 Å². The van der Waals surface area contributed by atoms with Crippen molar-refractivity contribution in [3.05, 3.63) is 18.1 Å². The zero-order valence-electron chi connectivity index (χ0n) is 8.51. The summed E-state index contributed by atoms with van der Waals surface area (Å²) in [4.78, 5) is 21.5. The van der Waals surface area contributed by atoms with Crippen molar-refractivity contribution in [1.29, 1.82) is 0 Å². The summed E-state index contributed by atoms with van der Waals surface area (Å²) in [6.45, 7) is 1.53. The van der Waals surface area contributed by atoms with Gasteiger partial charge in [-0.1, -0.05) is 12.2 Å². The van der Waals surface area contributed by atoms with Crippen LogP contribution in [0.5, 0.6) is 0 Å². The third-order valence-corrected chi connectivity index (χ3v) is 2.44. The fourth-order valence-corrected chi connectivity index (χ4v) is 1.70. The molecule has 16 heavy (non-hydrogen) atoms. The van der Waals surface area contributed by atoms with Crippen LogP contribution in [0.15, 0.2) is 12.4 Å². The van der Waals surface area contributed by atoms with Gasteiger partial charge in [-0.15, -0.1) is 0 Å². The van der Waals surface area contributed by atoms with E-state index >= 15 is 0 Å². The minimum Gasteiger partial charge on any atom is -0.388 e. The molecule has 1 aliphatic rings. The van der Waals surface area contributed by atoms with E-state index in [1.54, 1.807) is 6.20 Å². The zero-order chi connectivity index (χ0) is 11.5. The van der Waals surface area contributed by atoms with Crippen LogP contribution in [-0.4, -0.2) is 40.5 Å². The van der Waals surface area contributed by atoms with E-state index in [0.29, 0.717) is 24.6 Å². The second-order valence-corrected chi connectivity index (χ2v) is 3.80. The standard InChI is InChI=1S/C9H11N5OS/c10-8(16)7-9(13-2-1-12-7)14-4-3-11-6(15)5-14/h1-2H,3-5H2,(H2,10,16)(H,11,15). The van der Waals surface area contributed by atoms with Crippen molar-refractivity contribution in [2.75, 3.05) is 24.5 Å². The minimum absolute atomic E-state index is 0.0363. The van der Waals surface area contributed by atoms with Gasteiger partial charge in [-0.3, -0.25) is 4.79 Å². The molecular weight excluding hydrogens is 226 g/mol. The van der Waals surface area contributed by atoms with Crippen molar-refractivity contribution in [3.63, 3.8) is 0 Å². The van der Waals surface area contributed by atoms with E-state index in [1.807, 2.05) is 4.90 Å². The number of piperazine rings is 1. The van der Waals surface area contributed by atoms with Crippen molar-refractivity contribution in [2.24, 2.45) is 5.73 Å². The molecule has 0 spiro atoms. The summed E-state index contributed by atoms with van der Waals surface area (Å²) in [6.07, 6.45) is 3.09. The average Bonchev–Trinajstić information content (AvgIpc) is 2.29. The third kappa shape index (κ3) is 2.08. The molecule has 0 aromatic carbocycles. The molecule has 0 radical (unpaired) electrons. The summed E-state index contributed by atoms with van der Waals surface area (Å²) in [6, 6.07) is 0. The monoisotopic (exact) mass is 237 g/mol. The highest BCUT2D eigenvalue weighted by Gasteiger charge is 2.21. The minimum atomic E-state index is -0.0363. The molecule has 0 bridgehead atoms. The van der Waals surface area contributed by atoms with Gasteiger partial charge in [-0.05, 0) is 0 Å². The van der Waals surface area contributed by atoms with Gasteiger partial charge in [0.2, 0.25) is 5.91 Å². The summed E-state index contributed by atoms with van der Waals surface area (Å²) in [5.41, 5.74) is 6.02. The molecule has 1 aliphatic heterocycles. The van der Waals surface area contributed by atoms with E-state index < -0.39 is 0 Å². The first-order chi connectivity index (χ1) is 7.68. The smallest absolute Gasteiger partial charge is 0.239 e. The van der Waals surface area contributed by atoms with Crippen molar-refractivity contribution in [2.45, 2.75) is 0 Å². The van der Waals surface area contributed by atoms with Gasteiger partial charge in [0.25, 0.3) is 0 Å². The van der Waals surface area contributed by atoms with Crippen LogP contribution in [0, 0.1) is 0 Å². The van der Waals surface area contributed by atoms with Gasteiger partial charge in [0.05, 0.1) is 6.54 Å². The summed E-state index contributed by atoms with van der Waals surface area (Å²) < 4.78 is 0. The summed E-state index contributed by atoms with van der Waals surface area (Å²) in [5.74, 6) is 0.538. The van der Waals surface area contributed by atoms with E-state index in [1.165, 1.54) is 6.20 Å². The maximum Gasteiger partial charge on any atom is 0.239 e. The van der Waals surface area contributed by atoms with Gasteiger partial charge in [0.15, 0.2) is 5.82 Å². The summed E-state index contributed by atoms with van der Waals surface area (Å²) >= 11 is 4.90. The molecule has 0 atom stereocenters. The molecule has 6 nitrogen and oxygen atoms in total. The quantitative estimate of drug-likeness (QED) is 0.645. The normalized spacial score (nSPS) is 15.8. The zero-order valence-corrected chi connectivity index (χ0v) is 9.33. The van der Waals surface area contributed by atoms with E-state index in [9.17, 15) is 4.79 Å². The van der Waals surface area contributed by atoms with Gasteiger partial charge in [0, 0.05) is 25.5 Å². The van der Waals surface area contributed by atoms with Crippen LogP contribution < -0.4 is 16.0 Å². The SMILES string of the molecule is NC(=S)c1nccnc1N1CCNC(=O)C1. The van der Waals surface area contributed by atoms with Gasteiger partial charge in [0.1, 0.15) is 10.7 Å². The first kappa shape index (κ1) is 10.7. The van der Waals surface area contributed by atoms with Gasteiger partial charge < -0.3 is 16.0 Å². The number of hydrogen-bond donors (Lipinski definition) is 2. The molecule has 1 amide bonds. The number of carbonyl (C=O) groups is 1. The van der Waals surface area contributed by atoms with E-state index in [2.05, 4.69) is 15.3 Å². The molecule has 1 saturated heterocycles. The van der Waals surface area contributed by atoms with Crippen LogP contribution in [0.25, 0.3) is 0 Å². The van der Waals surface area contributed by atoms with Crippen LogP contribution in [0.1, 0.15) is 5.69 Å². The Balaban J connectivity index is 2.32. The van der Waals surface area contributed by atoms with Crippen molar-refractivity contribution < 1.29 is 4.79 Å². The van der Waals surface area contributed by atoms with Gasteiger partial charge >= 0.3 is 0 Å². The molecule has 2 heterocycles. The second kappa shape index (κ2) is 4.40. The highest BCUT2D eigenvalue weighted by atomic mass is 32.1. The molecule has 2 rings (SSSR count). The van der Waals surface area contributed by atoms with Crippen LogP contribution in [0.4, 0.5) is 5.82 Å². The maximum absolute atomic E-state index is 11.3. The van der Waals surface area contributed by atoms with Gasteiger partial charge in [-0.25, -0.2) is 9.97 Å². The number of nitrogens with one attached hydrogen (secondary N) is 1. The molecule has 1 fully saturated rings. The Morgan fingerprint density at radius 2 is 2.25 bits per heavy atom. The van der Waals surface area contributed by atoms with Crippen LogP contribution in [-0.2, 0) is 4.79 Å². The lowest BCUT2D eigenvalue weighted by Gasteiger charge is -2.28. The topological polar surface area (TPSA) is 84.1 Å². The van der Waals surface area contributed by atoms with E-state index in [-0.39, 0.29) is 17.4 Å². The average molecular weight is 237 g/mol. The summed E-state index contributed by atoms with van der Waals surface area (Å²) in [7, 11) is 0. The number of rotatable bonds is 2. The fourth-order valence-electron chi connectivity index (χ4n) is 1.56. The first-order valence-corrected chi connectivity index (χ1v) is 5.22. The maximum atomic E-state index is 11.3.